The highest BCUT2D eigenvalue weighted by atomic mass is 16.5. The average Bonchev–Trinajstić information content (AvgIpc) is 2.96. The fourth-order valence-electron chi connectivity index (χ4n) is 2.36. The number of rotatable bonds is 5. The number of esters is 1. The maximum Gasteiger partial charge on any atom is 0.333 e. The number of benzene rings is 1. The summed E-state index contributed by atoms with van der Waals surface area (Å²) in [5.41, 5.74) is 2.41. The van der Waals surface area contributed by atoms with Gasteiger partial charge in [0, 0.05) is 17.9 Å². The predicted octanol–water partition coefficient (Wildman–Crippen LogP) is 2.74. The van der Waals surface area contributed by atoms with Gasteiger partial charge in [0.05, 0.1) is 13.2 Å². The zero-order valence-electron chi connectivity index (χ0n) is 11.5. The second-order valence-electron chi connectivity index (χ2n) is 4.77. The van der Waals surface area contributed by atoms with Crippen LogP contribution < -0.4 is 0 Å². The first kappa shape index (κ1) is 14.3. The van der Waals surface area contributed by atoms with Gasteiger partial charge in [-0.3, -0.25) is 0 Å². The summed E-state index contributed by atoms with van der Waals surface area (Å²) in [5, 5.41) is 10.3. The summed E-state index contributed by atoms with van der Waals surface area (Å²) in [5.74, 6) is -0.602. The molecule has 0 aliphatic heterocycles. The van der Waals surface area contributed by atoms with Crippen LogP contribution in [0.5, 0.6) is 0 Å². The summed E-state index contributed by atoms with van der Waals surface area (Å²) < 4.78 is 4.60. The van der Waals surface area contributed by atoms with Crippen LogP contribution in [0.25, 0.3) is 5.57 Å². The Labute approximate surface area is 118 Å². The third-order valence-corrected chi connectivity index (χ3v) is 3.40. The van der Waals surface area contributed by atoms with Crippen molar-refractivity contribution in [3.63, 3.8) is 0 Å². The number of methoxy groups -OCH3 is 1. The molecule has 2 atom stereocenters. The standard InChI is InChI=1S/C17H18O3/c1-12(17(19)20-2)11-16(18)15-10-6-9-14(15)13-7-4-3-5-8-13/h3-10,15-16,18H,1,11H2,2H3. The van der Waals surface area contributed by atoms with Crippen LogP contribution in [0, 0.1) is 5.92 Å². The summed E-state index contributed by atoms with van der Waals surface area (Å²) in [7, 11) is 1.31. The van der Waals surface area contributed by atoms with Crippen molar-refractivity contribution >= 4 is 11.5 Å². The molecule has 0 saturated heterocycles. The lowest BCUT2D eigenvalue weighted by molar-refractivity contribution is -0.136. The lowest BCUT2D eigenvalue weighted by atomic mass is 9.88. The molecule has 3 nitrogen and oxygen atoms in total. The first-order chi connectivity index (χ1) is 9.63. The van der Waals surface area contributed by atoms with E-state index in [1.165, 1.54) is 7.11 Å². The molecule has 3 heteroatoms. The van der Waals surface area contributed by atoms with Crippen molar-refractivity contribution in [3.05, 3.63) is 66.3 Å². The quantitative estimate of drug-likeness (QED) is 0.661. The number of aliphatic hydroxyl groups is 1. The molecule has 2 unspecified atom stereocenters. The third-order valence-electron chi connectivity index (χ3n) is 3.40. The molecule has 0 bridgehead atoms. The Kier molecular flexibility index (Phi) is 4.53. The van der Waals surface area contributed by atoms with Crippen LogP contribution in [0.2, 0.25) is 0 Å². The number of allylic oxidation sites excluding steroid dienone is 2. The van der Waals surface area contributed by atoms with Crippen LogP contribution in [0.3, 0.4) is 0 Å². The maximum absolute atomic E-state index is 11.3. The second kappa shape index (κ2) is 6.35. The molecule has 0 spiro atoms. The molecule has 1 aliphatic carbocycles. The Hall–Kier alpha value is -2.13. The Balaban J connectivity index is 2.09. The van der Waals surface area contributed by atoms with E-state index in [2.05, 4.69) is 11.3 Å². The summed E-state index contributed by atoms with van der Waals surface area (Å²) in [4.78, 5) is 11.3. The van der Waals surface area contributed by atoms with E-state index in [4.69, 9.17) is 0 Å². The van der Waals surface area contributed by atoms with E-state index in [0.29, 0.717) is 0 Å². The van der Waals surface area contributed by atoms with Crippen molar-refractivity contribution < 1.29 is 14.6 Å². The minimum absolute atomic E-state index is 0.126. The molecule has 2 rings (SSSR count). The number of carbonyl (C=O) groups excluding carboxylic acids is 1. The molecule has 0 radical (unpaired) electrons. The van der Waals surface area contributed by atoms with E-state index in [-0.39, 0.29) is 17.9 Å². The van der Waals surface area contributed by atoms with Crippen molar-refractivity contribution in [2.24, 2.45) is 5.92 Å². The summed E-state index contributed by atoms with van der Waals surface area (Å²) in [6.45, 7) is 3.66. The largest absolute Gasteiger partial charge is 0.466 e. The molecule has 1 aromatic carbocycles. The molecule has 0 heterocycles. The Bertz CT molecular complexity index is 555. The van der Waals surface area contributed by atoms with Crippen LogP contribution in [-0.4, -0.2) is 24.3 Å². The van der Waals surface area contributed by atoms with Crippen molar-refractivity contribution in [1.29, 1.82) is 0 Å². The van der Waals surface area contributed by atoms with Crippen molar-refractivity contribution in [1.82, 2.24) is 0 Å². The van der Waals surface area contributed by atoms with Crippen LogP contribution in [-0.2, 0) is 9.53 Å². The number of ether oxygens (including phenoxy) is 1. The maximum atomic E-state index is 11.3. The number of hydrogen-bond acceptors (Lipinski definition) is 3. The molecule has 1 aliphatic rings. The molecular weight excluding hydrogens is 252 g/mol. The molecule has 1 N–H and O–H groups in total. The fourth-order valence-corrected chi connectivity index (χ4v) is 2.36. The van der Waals surface area contributed by atoms with Gasteiger partial charge in [-0.1, -0.05) is 55.1 Å². The zero-order chi connectivity index (χ0) is 14.5. The van der Waals surface area contributed by atoms with E-state index >= 15 is 0 Å². The van der Waals surface area contributed by atoms with Crippen LogP contribution in [0.1, 0.15) is 12.0 Å². The molecule has 104 valence electrons. The normalized spacial score (nSPS) is 18.5. The second-order valence-corrected chi connectivity index (χ2v) is 4.77. The average molecular weight is 270 g/mol. The van der Waals surface area contributed by atoms with Crippen molar-refractivity contribution in [3.8, 4) is 0 Å². The van der Waals surface area contributed by atoms with Gasteiger partial charge in [0.25, 0.3) is 0 Å². The van der Waals surface area contributed by atoms with Gasteiger partial charge in [0.1, 0.15) is 0 Å². The summed E-state index contributed by atoms with van der Waals surface area (Å²) in [6, 6.07) is 9.90. The van der Waals surface area contributed by atoms with Crippen LogP contribution in [0.15, 0.2) is 60.7 Å². The molecule has 0 amide bonds. The van der Waals surface area contributed by atoms with Gasteiger partial charge in [0.2, 0.25) is 0 Å². The van der Waals surface area contributed by atoms with Crippen LogP contribution in [0.4, 0.5) is 0 Å². The number of hydrogen-bond donors (Lipinski definition) is 1. The van der Waals surface area contributed by atoms with Gasteiger partial charge in [-0.05, 0) is 11.1 Å². The predicted molar refractivity (Wildman–Crippen MR) is 78.8 cm³/mol. The fraction of sp³-hybridized carbons (Fsp3) is 0.235. The van der Waals surface area contributed by atoms with Gasteiger partial charge in [0.15, 0.2) is 0 Å². The minimum atomic E-state index is -0.688. The topological polar surface area (TPSA) is 46.5 Å². The van der Waals surface area contributed by atoms with Crippen molar-refractivity contribution in [2.45, 2.75) is 12.5 Å². The van der Waals surface area contributed by atoms with Gasteiger partial charge < -0.3 is 9.84 Å². The Morgan fingerprint density at radius 1 is 1.40 bits per heavy atom. The van der Waals surface area contributed by atoms with E-state index in [0.717, 1.165) is 11.1 Å². The van der Waals surface area contributed by atoms with Gasteiger partial charge >= 0.3 is 5.97 Å². The highest BCUT2D eigenvalue weighted by Gasteiger charge is 2.26. The van der Waals surface area contributed by atoms with Gasteiger partial charge in [-0.2, -0.15) is 0 Å². The first-order valence-electron chi connectivity index (χ1n) is 6.51. The smallest absolute Gasteiger partial charge is 0.333 e. The van der Waals surface area contributed by atoms with Crippen molar-refractivity contribution in [2.75, 3.05) is 7.11 Å². The van der Waals surface area contributed by atoms with Crippen LogP contribution >= 0.6 is 0 Å². The molecular formula is C17H18O3. The molecule has 0 aromatic heterocycles. The lowest BCUT2D eigenvalue weighted by Crippen LogP contribution is -2.21. The Morgan fingerprint density at radius 3 is 2.75 bits per heavy atom. The summed E-state index contributed by atoms with van der Waals surface area (Å²) >= 11 is 0. The molecule has 20 heavy (non-hydrogen) atoms. The zero-order valence-corrected chi connectivity index (χ0v) is 11.5. The summed E-state index contributed by atoms with van der Waals surface area (Å²) in [6.07, 6.45) is 5.37. The number of aliphatic hydroxyl groups excluding tert-OH is 1. The van der Waals surface area contributed by atoms with Gasteiger partial charge in [-0.25, -0.2) is 4.79 Å². The van der Waals surface area contributed by atoms with E-state index < -0.39 is 12.1 Å². The molecule has 1 aromatic rings. The van der Waals surface area contributed by atoms with E-state index in [1.54, 1.807) is 0 Å². The number of carbonyl (C=O) groups is 1. The Morgan fingerprint density at radius 2 is 2.10 bits per heavy atom. The van der Waals surface area contributed by atoms with E-state index in [9.17, 15) is 9.90 Å². The first-order valence-corrected chi connectivity index (χ1v) is 6.51. The SMILES string of the molecule is C=C(CC(O)C1C=CC=C1c1ccccc1)C(=O)OC. The van der Waals surface area contributed by atoms with E-state index in [1.807, 2.05) is 48.6 Å². The monoisotopic (exact) mass is 270 g/mol. The third kappa shape index (κ3) is 3.06. The molecule has 0 saturated carbocycles. The minimum Gasteiger partial charge on any atom is -0.466 e. The van der Waals surface area contributed by atoms with Gasteiger partial charge in [-0.15, -0.1) is 0 Å². The highest BCUT2D eigenvalue weighted by molar-refractivity contribution is 5.87. The highest BCUT2D eigenvalue weighted by Crippen LogP contribution is 2.33. The molecule has 0 fully saturated rings. The lowest BCUT2D eigenvalue weighted by Gasteiger charge is -2.21.